The number of ether oxygens (including phenoxy) is 1. The molecule has 0 radical (unpaired) electrons. The van der Waals surface area contributed by atoms with Crippen LogP contribution in [0.15, 0.2) is 26.6 Å². The molecule has 3 N–H and O–H groups in total. The summed E-state index contributed by atoms with van der Waals surface area (Å²) in [5.74, 6) is -0.396. The molecule has 2 aromatic rings. The topological polar surface area (TPSA) is 123 Å². The van der Waals surface area contributed by atoms with Gasteiger partial charge in [-0.15, -0.1) is 11.3 Å². The SMILES string of the molecule is COCCN(C(=O)C=Cc1cscn1)c1c(N)n(CC(C)C)c(=O)[nH]c1=O. The zero-order chi connectivity index (χ0) is 20.0. The third-order valence-electron chi connectivity index (χ3n) is 3.66. The Balaban J connectivity index is 2.48. The molecule has 2 aromatic heterocycles. The number of carbonyl (C=O) groups is 1. The molecule has 0 aliphatic carbocycles. The maximum Gasteiger partial charge on any atom is 0.330 e. The van der Waals surface area contributed by atoms with Gasteiger partial charge in [0.15, 0.2) is 5.69 Å². The number of methoxy groups -OCH3 is 1. The van der Waals surface area contributed by atoms with Crippen molar-refractivity contribution < 1.29 is 9.53 Å². The molecule has 0 bridgehead atoms. The fourth-order valence-corrected chi connectivity index (χ4v) is 2.97. The molecule has 0 aromatic carbocycles. The van der Waals surface area contributed by atoms with Gasteiger partial charge in [-0.25, -0.2) is 9.78 Å². The summed E-state index contributed by atoms with van der Waals surface area (Å²) in [6.07, 6.45) is 2.86. The summed E-state index contributed by atoms with van der Waals surface area (Å²) in [5, 5.41) is 1.78. The smallest absolute Gasteiger partial charge is 0.330 e. The molecule has 27 heavy (non-hydrogen) atoms. The second-order valence-electron chi connectivity index (χ2n) is 6.23. The van der Waals surface area contributed by atoms with Crippen LogP contribution in [0.2, 0.25) is 0 Å². The Bertz CT molecular complexity index is 914. The number of thiazole rings is 1. The number of nitrogens with zero attached hydrogens (tertiary/aromatic N) is 3. The number of aromatic amines is 1. The van der Waals surface area contributed by atoms with Crippen molar-refractivity contribution in [3.8, 4) is 0 Å². The molecule has 0 aliphatic rings. The molecule has 146 valence electrons. The Morgan fingerprint density at radius 1 is 1.48 bits per heavy atom. The van der Waals surface area contributed by atoms with Gasteiger partial charge in [-0.1, -0.05) is 13.8 Å². The first kappa shape index (κ1) is 20.6. The largest absolute Gasteiger partial charge is 0.383 e. The second kappa shape index (κ2) is 9.28. The third-order valence-corrected chi connectivity index (χ3v) is 4.27. The van der Waals surface area contributed by atoms with Gasteiger partial charge >= 0.3 is 5.69 Å². The number of anilines is 2. The zero-order valence-electron chi connectivity index (χ0n) is 15.5. The highest BCUT2D eigenvalue weighted by Gasteiger charge is 2.23. The van der Waals surface area contributed by atoms with Crippen LogP contribution in [0.4, 0.5) is 11.5 Å². The number of nitrogen functional groups attached to an aromatic ring is 1. The summed E-state index contributed by atoms with van der Waals surface area (Å²) in [7, 11) is 1.49. The van der Waals surface area contributed by atoms with Crippen molar-refractivity contribution in [2.75, 3.05) is 30.9 Å². The fraction of sp³-hybridized carbons (Fsp3) is 0.412. The van der Waals surface area contributed by atoms with Crippen LogP contribution in [-0.2, 0) is 16.1 Å². The van der Waals surface area contributed by atoms with E-state index in [1.54, 1.807) is 17.0 Å². The summed E-state index contributed by atoms with van der Waals surface area (Å²) in [4.78, 5) is 44.8. The van der Waals surface area contributed by atoms with Gasteiger partial charge in [-0.05, 0) is 12.0 Å². The van der Waals surface area contributed by atoms with Crippen molar-refractivity contribution in [1.82, 2.24) is 14.5 Å². The van der Waals surface area contributed by atoms with Gasteiger partial charge in [0, 0.05) is 31.7 Å². The van der Waals surface area contributed by atoms with Crippen molar-refractivity contribution in [1.29, 1.82) is 0 Å². The van der Waals surface area contributed by atoms with Crippen LogP contribution in [0.3, 0.4) is 0 Å². The lowest BCUT2D eigenvalue weighted by atomic mass is 10.2. The highest BCUT2D eigenvalue weighted by atomic mass is 32.1. The van der Waals surface area contributed by atoms with Gasteiger partial charge in [-0.3, -0.25) is 24.0 Å². The Morgan fingerprint density at radius 3 is 2.81 bits per heavy atom. The van der Waals surface area contributed by atoms with E-state index >= 15 is 0 Å². The maximum atomic E-state index is 12.7. The Morgan fingerprint density at radius 2 is 2.22 bits per heavy atom. The van der Waals surface area contributed by atoms with E-state index in [0.717, 1.165) is 0 Å². The Hall–Kier alpha value is -2.72. The average molecular weight is 393 g/mol. The number of hydrogen-bond donors (Lipinski definition) is 2. The van der Waals surface area contributed by atoms with E-state index < -0.39 is 17.2 Å². The Labute approximate surface area is 160 Å². The molecular weight excluding hydrogens is 370 g/mol. The number of hydrogen-bond acceptors (Lipinski definition) is 7. The first-order valence-corrected chi connectivity index (χ1v) is 9.28. The van der Waals surface area contributed by atoms with Crippen LogP contribution in [0.1, 0.15) is 19.5 Å². The standard InChI is InChI=1S/C17H23N5O4S/c1-11(2)8-22-15(18)14(16(24)20-17(22)25)21(6-7-26-3)13(23)5-4-12-9-27-10-19-12/h4-5,9-11H,6-8,18H2,1-3H3,(H,20,24,25). The lowest BCUT2D eigenvalue weighted by Gasteiger charge is -2.23. The number of amides is 1. The molecule has 0 saturated carbocycles. The van der Waals surface area contributed by atoms with Gasteiger partial charge < -0.3 is 10.5 Å². The van der Waals surface area contributed by atoms with Crippen molar-refractivity contribution in [3.05, 3.63) is 43.5 Å². The first-order chi connectivity index (χ1) is 12.8. The van der Waals surface area contributed by atoms with E-state index in [9.17, 15) is 14.4 Å². The molecule has 0 atom stereocenters. The van der Waals surface area contributed by atoms with E-state index in [-0.39, 0.29) is 30.6 Å². The zero-order valence-corrected chi connectivity index (χ0v) is 16.3. The highest BCUT2D eigenvalue weighted by molar-refractivity contribution is 7.07. The summed E-state index contributed by atoms with van der Waals surface area (Å²) in [6, 6.07) is 0. The average Bonchev–Trinajstić information content (AvgIpc) is 3.12. The lowest BCUT2D eigenvalue weighted by molar-refractivity contribution is -0.114. The molecule has 9 nitrogen and oxygen atoms in total. The van der Waals surface area contributed by atoms with Crippen LogP contribution in [0.25, 0.3) is 6.08 Å². The number of carbonyl (C=O) groups excluding carboxylic acids is 1. The molecule has 0 unspecified atom stereocenters. The number of nitrogens with one attached hydrogen (secondary N) is 1. The monoisotopic (exact) mass is 393 g/mol. The van der Waals surface area contributed by atoms with E-state index in [2.05, 4.69) is 9.97 Å². The van der Waals surface area contributed by atoms with Crippen LogP contribution < -0.4 is 21.9 Å². The van der Waals surface area contributed by atoms with E-state index in [0.29, 0.717) is 12.2 Å². The number of aromatic nitrogens is 3. The first-order valence-electron chi connectivity index (χ1n) is 8.34. The molecule has 0 fully saturated rings. The molecule has 0 spiro atoms. The summed E-state index contributed by atoms with van der Waals surface area (Å²) in [5.41, 5.74) is 7.00. The molecular formula is C17H23N5O4S. The van der Waals surface area contributed by atoms with Crippen molar-refractivity contribution >= 4 is 34.8 Å². The van der Waals surface area contributed by atoms with Crippen LogP contribution in [0, 0.1) is 5.92 Å². The molecule has 10 heteroatoms. The van der Waals surface area contributed by atoms with E-state index in [1.165, 1.54) is 34.0 Å². The normalized spacial score (nSPS) is 11.4. The minimum atomic E-state index is -0.719. The molecule has 1 amide bonds. The minimum Gasteiger partial charge on any atom is -0.383 e. The van der Waals surface area contributed by atoms with E-state index in [4.69, 9.17) is 10.5 Å². The molecule has 0 saturated heterocycles. The summed E-state index contributed by atoms with van der Waals surface area (Å²) < 4.78 is 6.30. The van der Waals surface area contributed by atoms with E-state index in [1.807, 2.05) is 13.8 Å². The minimum absolute atomic E-state index is 0.0519. The van der Waals surface area contributed by atoms with Crippen molar-refractivity contribution in [2.24, 2.45) is 5.92 Å². The molecule has 2 rings (SSSR count). The molecule has 0 aliphatic heterocycles. The van der Waals surface area contributed by atoms with Crippen molar-refractivity contribution in [3.63, 3.8) is 0 Å². The quantitative estimate of drug-likeness (QED) is 0.643. The summed E-state index contributed by atoms with van der Waals surface area (Å²) in [6.45, 7) is 4.44. The van der Waals surface area contributed by atoms with Crippen LogP contribution >= 0.6 is 11.3 Å². The maximum absolute atomic E-state index is 12.7. The van der Waals surface area contributed by atoms with Gasteiger partial charge in [0.05, 0.1) is 17.8 Å². The number of rotatable bonds is 8. The lowest BCUT2D eigenvalue weighted by Crippen LogP contribution is -2.42. The number of nitrogens with two attached hydrogens (primary N) is 1. The predicted octanol–water partition coefficient (Wildman–Crippen LogP) is 0.924. The van der Waals surface area contributed by atoms with Crippen LogP contribution in [-0.4, -0.2) is 40.7 Å². The van der Waals surface area contributed by atoms with Gasteiger partial charge in [0.2, 0.25) is 0 Å². The summed E-state index contributed by atoms with van der Waals surface area (Å²) >= 11 is 1.40. The van der Waals surface area contributed by atoms with Gasteiger partial charge in [0.1, 0.15) is 5.82 Å². The highest BCUT2D eigenvalue weighted by Crippen LogP contribution is 2.18. The fourth-order valence-electron chi connectivity index (χ4n) is 2.45. The van der Waals surface area contributed by atoms with Gasteiger partial charge in [-0.2, -0.15) is 0 Å². The molecule has 2 heterocycles. The Kier molecular flexibility index (Phi) is 7.08. The van der Waals surface area contributed by atoms with Gasteiger partial charge in [0.25, 0.3) is 11.5 Å². The second-order valence-corrected chi connectivity index (χ2v) is 6.95. The van der Waals surface area contributed by atoms with Crippen LogP contribution in [0.5, 0.6) is 0 Å². The number of H-pyrrole nitrogens is 1. The third kappa shape index (κ3) is 5.14. The van der Waals surface area contributed by atoms with Crippen molar-refractivity contribution in [2.45, 2.75) is 20.4 Å². The predicted molar refractivity (Wildman–Crippen MR) is 106 cm³/mol.